The Labute approximate surface area is 124 Å². The van der Waals surface area contributed by atoms with Gasteiger partial charge in [0.25, 0.3) is 0 Å². The van der Waals surface area contributed by atoms with Crippen LogP contribution in [0.1, 0.15) is 0 Å². The third-order valence-electron chi connectivity index (χ3n) is 2.89. The Hall–Kier alpha value is -2.60. The molecule has 0 unspecified atom stereocenters. The zero-order valence-corrected chi connectivity index (χ0v) is 11.6. The lowest BCUT2D eigenvalue weighted by Gasteiger charge is -2.04. The molecule has 1 N–H and O–H groups in total. The van der Waals surface area contributed by atoms with Gasteiger partial charge in [0.15, 0.2) is 5.65 Å². The van der Waals surface area contributed by atoms with Crippen LogP contribution >= 0.6 is 11.6 Å². The van der Waals surface area contributed by atoms with E-state index in [9.17, 15) is 9.59 Å². The summed E-state index contributed by atoms with van der Waals surface area (Å²) < 4.78 is 2.50. The fourth-order valence-corrected chi connectivity index (χ4v) is 2.16. The molecule has 0 saturated heterocycles. The number of hydrogen-bond acceptors (Lipinski definition) is 3. The summed E-state index contributed by atoms with van der Waals surface area (Å²) in [4.78, 5) is 24.0. The zero-order valence-electron chi connectivity index (χ0n) is 10.9. The molecule has 2 aromatic heterocycles. The van der Waals surface area contributed by atoms with E-state index in [0.717, 1.165) is 4.68 Å². The van der Waals surface area contributed by atoms with Crippen molar-refractivity contribution >= 4 is 28.8 Å². The first kappa shape index (κ1) is 13.4. The number of pyridine rings is 1. The first-order valence-corrected chi connectivity index (χ1v) is 6.61. The predicted octanol–water partition coefficient (Wildman–Crippen LogP) is 1.79. The van der Waals surface area contributed by atoms with Crippen molar-refractivity contribution in [2.24, 2.45) is 0 Å². The first-order valence-electron chi connectivity index (χ1n) is 6.23. The van der Waals surface area contributed by atoms with Gasteiger partial charge in [-0.15, -0.1) is 5.10 Å². The molecule has 0 fully saturated rings. The normalized spacial score (nSPS) is 10.7. The summed E-state index contributed by atoms with van der Waals surface area (Å²) in [6.45, 7) is -0.160. The third kappa shape index (κ3) is 2.80. The quantitative estimate of drug-likeness (QED) is 0.802. The highest BCUT2D eigenvalue weighted by Gasteiger charge is 2.10. The average Bonchev–Trinajstić information content (AvgIpc) is 2.76. The third-order valence-corrected chi connectivity index (χ3v) is 3.13. The number of hydrogen-bond donors (Lipinski definition) is 1. The maximum atomic E-state index is 12.0. The van der Waals surface area contributed by atoms with E-state index >= 15 is 0 Å². The van der Waals surface area contributed by atoms with Crippen LogP contribution in [0.25, 0.3) is 5.65 Å². The zero-order chi connectivity index (χ0) is 14.8. The lowest BCUT2D eigenvalue weighted by Crippen LogP contribution is -2.28. The molecule has 0 aliphatic rings. The van der Waals surface area contributed by atoms with Gasteiger partial charge in [-0.3, -0.25) is 9.20 Å². The van der Waals surface area contributed by atoms with Crippen molar-refractivity contribution in [1.29, 1.82) is 0 Å². The molecule has 0 aliphatic heterocycles. The summed E-state index contributed by atoms with van der Waals surface area (Å²) in [5.41, 5.74) is 0.717. The second-order valence-electron chi connectivity index (χ2n) is 4.43. The minimum Gasteiger partial charge on any atom is -0.324 e. The minimum absolute atomic E-state index is 0.160. The molecule has 1 aromatic carbocycles. The summed E-state index contributed by atoms with van der Waals surface area (Å²) in [5.74, 6) is -0.345. The number of rotatable bonds is 3. The number of nitrogens with zero attached hydrogens (tertiary/aromatic N) is 3. The van der Waals surface area contributed by atoms with Crippen LogP contribution in [-0.2, 0) is 11.3 Å². The largest absolute Gasteiger partial charge is 0.350 e. The Morgan fingerprint density at radius 3 is 2.86 bits per heavy atom. The highest BCUT2D eigenvalue weighted by atomic mass is 35.5. The maximum absolute atomic E-state index is 12.0. The number of carbonyl (C=O) groups excluding carboxylic acids is 1. The molecule has 0 bridgehead atoms. The van der Waals surface area contributed by atoms with Crippen molar-refractivity contribution in [1.82, 2.24) is 14.2 Å². The van der Waals surface area contributed by atoms with E-state index in [0.29, 0.717) is 16.4 Å². The molecule has 0 saturated carbocycles. The van der Waals surface area contributed by atoms with Gasteiger partial charge >= 0.3 is 5.69 Å². The van der Waals surface area contributed by atoms with Crippen molar-refractivity contribution in [2.75, 3.05) is 5.32 Å². The van der Waals surface area contributed by atoms with E-state index in [-0.39, 0.29) is 18.1 Å². The smallest absolute Gasteiger partial charge is 0.324 e. The molecule has 0 aliphatic carbocycles. The number of benzene rings is 1. The highest BCUT2D eigenvalue weighted by molar-refractivity contribution is 6.30. The summed E-state index contributed by atoms with van der Waals surface area (Å²) in [6.07, 6.45) is 1.61. The Bertz CT molecular complexity index is 869. The van der Waals surface area contributed by atoms with Crippen LogP contribution in [0.15, 0.2) is 53.5 Å². The molecule has 7 heteroatoms. The van der Waals surface area contributed by atoms with E-state index in [2.05, 4.69) is 10.4 Å². The van der Waals surface area contributed by atoms with Crippen LogP contribution in [0.5, 0.6) is 0 Å². The molecule has 0 radical (unpaired) electrons. The number of fused-ring (bicyclic) bond motifs is 1. The molecule has 1 amide bonds. The molecule has 3 rings (SSSR count). The number of anilines is 1. The SMILES string of the molecule is O=C(Cn1nc2ccccn2c1=O)Nc1cccc(Cl)c1. The van der Waals surface area contributed by atoms with E-state index in [1.165, 1.54) is 4.40 Å². The molecule has 2 heterocycles. The topological polar surface area (TPSA) is 68.4 Å². The van der Waals surface area contributed by atoms with Crippen molar-refractivity contribution in [2.45, 2.75) is 6.54 Å². The molecule has 106 valence electrons. The van der Waals surface area contributed by atoms with Gasteiger partial charge in [0.2, 0.25) is 5.91 Å². The molecular formula is C14H11ClN4O2. The molecule has 21 heavy (non-hydrogen) atoms. The van der Waals surface area contributed by atoms with Crippen LogP contribution in [-0.4, -0.2) is 20.1 Å². The average molecular weight is 303 g/mol. The van der Waals surface area contributed by atoms with Crippen molar-refractivity contribution in [3.8, 4) is 0 Å². The Morgan fingerprint density at radius 2 is 2.10 bits per heavy atom. The van der Waals surface area contributed by atoms with Crippen molar-refractivity contribution in [3.63, 3.8) is 0 Å². The van der Waals surface area contributed by atoms with Gasteiger partial charge < -0.3 is 5.32 Å². The fourth-order valence-electron chi connectivity index (χ4n) is 1.97. The van der Waals surface area contributed by atoms with Crippen molar-refractivity contribution in [3.05, 3.63) is 64.2 Å². The monoisotopic (exact) mass is 302 g/mol. The molecule has 0 spiro atoms. The lowest BCUT2D eigenvalue weighted by atomic mass is 10.3. The molecular weight excluding hydrogens is 292 g/mol. The van der Waals surface area contributed by atoms with Gasteiger partial charge in [0.05, 0.1) is 0 Å². The lowest BCUT2D eigenvalue weighted by molar-refractivity contribution is -0.117. The van der Waals surface area contributed by atoms with Gasteiger partial charge in [0, 0.05) is 16.9 Å². The number of aromatic nitrogens is 3. The Kier molecular flexibility index (Phi) is 3.45. The standard InChI is InChI=1S/C14H11ClN4O2/c15-10-4-3-5-11(8-10)16-13(20)9-19-14(21)18-7-2-1-6-12(18)17-19/h1-8H,9H2,(H,16,20). The van der Waals surface area contributed by atoms with Gasteiger partial charge in [-0.1, -0.05) is 23.7 Å². The summed E-state index contributed by atoms with van der Waals surface area (Å²) in [6, 6.07) is 12.0. The van der Waals surface area contributed by atoms with E-state index in [1.54, 1.807) is 48.7 Å². The second kappa shape index (κ2) is 5.41. The number of amides is 1. The first-order chi connectivity index (χ1) is 10.1. The van der Waals surface area contributed by atoms with Crippen LogP contribution in [0, 0.1) is 0 Å². The van der Waals surface area contributed by atoms with Gasteiger partial charge in [-0.2, -0.15) is 0 Å². The van der Waals surface area contributed by atoms with E-state index in [1.807, 2.05) is 0 Å². The molecule has 3 aromatic rings. The van der Waals surface area contributed by atoms with Gasteiger partial charge in [-0.25, -0.2) is 9.48 Å². The summed E-state index contributed by atoms with van der Waals surface area (Å²) in [7, 11) is 0. The van der Waals surface area contributed by atoms with E-state index < -0.39 is 0 Å². The van der Waals surface area contributed by atoms with Gasteiger partial charge in [-0.05, 0) is 30.3 Å². The van der Waals surface area contributed by atoms with Crippen LogP contribution in [0.3, 0.4) is 0 Å². The highest BCUT2D eigenvalue weighted by Crippen LogP contribution is 2.14. The van der Waals surface area contributed by atoms with Crippen molar-refractivity contribution < 1.29 is 4.79 Å². The maximum Gasteiger partial charge on any atom is 0.350 e. The summed E-state index contributed by atoms with van der Waals surface area (Å²) in [5, 5.41) is 7.29. The minimum atomic E-state index is -0.355. The number of halogens is 1. The van der Waals surface area contributed by atoms with Crippen LogP contribution in [0.4, 0.5) is 5.69 Å². The number of nitrogens with one attached hydrogen (secondary N) is 1. The predicted molar refractivity (Wildman–Crippen MR) is 79.5 cm³/mol. The summed E-state index contributed by atoms with van der Waals surface area (Å²) >= 11 is 5.84. The van der Waals surface area contributed by atoms with Crippen LogP contribution in [0.2, 0.25) is 5.02 Å². The van der Waals surface area contributed by atoms with E-state index in [4.69, 9.17) is 11.6 Å². The Balaban J connectivity index is 1.80. The molecule has 6 nitrogen and oxygen atoms in total. The Morgan fingerprint density at radius 1 is 1.24 bits per heavy atom. The number of carbonyl (C=O) groups is 1. The molecule has 0 atom stereocenters. The second-order valence-corrected chi connectivity index (χ2v) is 4.86. The van der Waals surface area contributed by atoms with Gasteiger partial charge in [0.1, 0.15) is 6.54 Å². The fraction of sp³-hybridized carbons (Fsp3) is 0.0714. The van der Waals surface area contributed by atoms with Crippen LogP contribution < -0.4 is 11.0 Å².